The van der Waals surface area contributed by atoms with Crippen molar-refractivity contribution in [3.63, 3.8) is 0 Å². The maximum absolute atomic E-state index is 12.7. The zero-order chi connectivity index (χ0) is 15.2. The third kappa shape index (κ3) is 2.40. The number of nitrogens with two attached hydrogens (primary N) is 1. The highest BCUT2D eigenvalue weighted by atomic mass is 32.2. The molecule has 1 aliphatic rings. The first-order chi connectivity index (χ1) is 9.90. The van der Waals surface area contributed by atoms with Gasteiger partial charge in [-0.2, -0.15) is 0 Å². The lowest BCUT2D eigenvalue weighted by molar-refractivity contribution is 0.402. The summed E-state index contributed by atoms with van der Waals surface area (Å²) in [4.78, 5) is 4.11. The SMILES string of the molecule is CC1CCC(NS(=O)(=O)c2c(N)nc3ccccn23)C1C. The Morgan fingerprint density at radius 1 is 1.33 bits per heavy atom. The van der Waals surface area contributed by atoms with Gasteiger partial charge in [-0.1, -0.05) is 19.9 Å². The van der Waals surface area contributed by atoms with Crippen LogP contribution < -0.4 is 10.5 Å². The number of nitrogens with one attached hydrogen (secondary N) is 1. The summed E-state index contributed by atoms with van der Waals surface area (Å²) in [5.74, 6) is 0.879. The van der Waals surface area contributed by atoms with Gasteiger partial charge in [0.2, 0.25) is 0 Å². The Morgan fingerprint density at radius 3 is 2.76 bits per heavy atom. The molecule has 114 valence electrons. The average molecular weight is 308 g/mol. The summed E-state index contributed by atoms with van der Waals surface area (Å²) in [7, 11) is -3.69. The number of sulfonamides is 1. The smallest absolute Gasteiger partial charge is 0.260 e. The van der Waals surface area contributed by atoms with Gasteiger partial charge in [-0.15, -0.1) is 0 Å². The zero-order valence-corrected chi connectivity index (χ0v) is 13.0. The van der Waals surface area contributed by atoms with Crippen LogP contribution in [0.2, 0.25) is 0 Å². The molecule has 1 aliphatic carbocycles. The summed E-state index contributed by atoms with van der Waals surface area (Å²) >= 11 is 0. The van der Waals surface area contributed by atoms with Crippen LogP contribution in [-0.2, 0) is 10.0 Å². The molecule has 2 aromatic rings. The van der Waals surface area contributed by atoms with Crippen molar-refractivity contribution in [3.05, 3.63) is 24.4 Å². The molecule has 0 aromatic carbocycles. The second-order valence-corrected chi connectivity index (χ2v) is 7.50. The number of hydrogen-bond acceptors (Lipinski definition) is 4. The molecule has 3 atom stereocenters. The third-order valence-corrected chi connectivity index (χ3v) is 6.07. The van der Waals surface area contributed by atoms with E-state index in [1.54, 1.807) is 24.4 Å². The molecule has 7 heteroatoms. The van der Waals surface area contributed by atoms with Crippen molar-refractivity contribution < 1.29 is 8.42 Å². The normalized spacial score (nSPS) is 26.5. The molecule has 3 rings (SSSR count). The van der Waals surface area contributed by atoms with Gasteiger partial charge in [-0.05, 0) is 36.8 Å². The van der Waals surface area contributed by atoms with Crippen molar-refractivity contribution in [2.75, 3.05) is 5.73 Å². The molecule has 0 saturated heterocycles. The topological polar surface area (TPSA) is 89.5 Å². The minimum atomic E-state index is -3.69. The van der Waals surface area contributed by atoms with Gasteiger partial charge in [0, 0.05) is 12.2 Å². The van der Waals surface area contributed by atoms with Crippen molar-refractivity contribution >= 4 is 21.5 Å². The van der Waals surface area contributed by atoms with Gasteiger partial charge >= 0.3 is 0 Å². The van der Waals surface area contributed by atoms with Crippen LogP contribution in [0, 0.1) is 11.8 Å². The van der Waals surface area contributed by atoms with E-state index >= 15 is 0 Å². The van der Waals surface area contributed by atoms with E-state index in [1.165, 1.54) is 4.40 Å². The zero-order valence-electron chi connectivity index (χ0n) is 12.2. The number of fused-ring (bicyclic) bond motifs is 1. The van der Waals surface area contributed by atoms with Crippen LogP contribution in [0.25, 0.3) is 5.65 Å². The fourth-order valence-electron chi connectivity index (χ4n) is 3.04. The molecule has 0 aliphatic heterocycles. The minimum absolute atomic E-state index is 0.0323. The van der Waals surface area contributed by atoms with Crippen molar-refractivity contribution in [2.24, 2.45) is 11.8 Å². The summed E-state index contributed by atoms with van der Waals surface area (Å²) in [6.07, 6.45) is 3.56. The average Bonchev–Trinajstić information content (AvgIpc) is 2.92. The summed E-state index contributed by atoms with van der Waals surface area (Å²) < 4.78 is 29.7. The third-order valence-electron chi connectivity index (χ3n) is 4.54. The molecule has 2 heterocycles. The molecule has 0 radical (unpaired) electrons. The Bertz CT molecular complexity index is 768. The largest absolute Gasteiger partial charge is 0.381 e. The Hall–Kier alpha value is -1.60. The first-order valence-corrected chi connectivity index (χ1v) is 8.63. The minimum Gasteiger partial charge on any atom is -0.381 e. The van der Waals surface area contributed by atoms with Crippen molar-refractivity contribution in [1.29, 1.82) is 0 Å². The van der Waals surface area contributed by atoms with Crippen LogP contribution in [0.4, 0.5) is 5.82 Å². The second-order valence-electron chi connectivity index (χ2n) is 5.87. The fourth-order valence-corrected chi connectivity index (χ4v) is 4.62. The highest BCUT2D eigenvalue weighted by Gasteiger charge is 2.34. The van der Waals surface area contributed by atoms with Gasteiger partial charge in [0.05, 0.1) is 0 Å². The molecular formula is C14H20N4O2S. The maximum Gasteiger partial charge on any atom is 0.260 e. The summed E-state index contributed by atoms with van der Waals surface area (Å²) in [5, 5.41) is 0.0323. The van der Waals surface area contributed by atoms with Crippen LogP contribution >= 0.6 is 0 Å². The molecule has 6 nitrogen and oxygen atoms in total. The molecule has 0 bridgehead atoms. The predicted octanol–water partition coefficient (Wildman–Crippen LogP) is 1.63. The van der Waals surface area contributed by atoms with E-state index in [-0.39, 0.29) is 16.9 Å². The van der Waals surface area contributed by atoms with Crippen LogP contribution in [0.15, 0.2) is 29.4 Å². The Balaban J connectivity index is 1.99. The lowest BCUT2D eigenvalue weighted by Crippen LogP contribution is -2.38. The van der Waals surface area contributed by atoms with Crippen LogP contribution in [0.5, 0.6) is 0 Å². The monoisotopic (exact) mass is 308 g/mol. The number of nitrogen functional groups attached to an aromatic ring is 1. The maximum atomic E-state index is 12.7. The van der Waals surface area contributed by atoms with E-state index in [4.69, 9.17) is 5.73 Å². The van der Waals surface area contributed by atoms with Gasteiger partial charge in [-0.3, -0.25) is 4.40 Å². The first-order valence-electron chi connectivity index (χ1n) is 7.15. The van der Waals surface area contributed by atoms with Gasteiger partial charge in [0.1, 0.15) is 5.65 Å². The van der Waals surface area contributed by atoms with Gasteiger partial charge in [0.25, 0.3) is 10.0 Å². The van der Waals surface area contributed by atoms with E-state index < -0.39 is 10.0 Å². The molecule has 21 heavy (non-hydrogen) atoms. The number of nitrogens with zero attached hydrogens (tertiary/aromatic N) is 2. The van der Waals surface area contributed by atoms with E-state index in [2.05, 4.69) is 23.6 Å². The Morgan fingerprint density at radius 2 is 2.10 bits per heavy atom. The van der Waals surface area contributed by atoms with Crippen LogP contribution in [-0.4, -0.2) is 23.8 Å². The van der Waals surface area contributed by atoms with Crippen molar-refractivity contribution in [3.8, 4) is 0 Å². The van der Waals surface area contributed by atoms with Crippen LogP contribution in [0.1, 0.15) is 26.7 Å². The van der Waals surface area contributed by atoms with Gasteiger partial charge in [0.15, 0.2) is 10.8 Å². The molecule has 1 fully saturated rings. The summed E-state index contributed by atoms with van der Waals surface area (Å²) in [6, 6.07) is 5.24. The number of pyridine rings is 1. The molecule has 1 saturated carbocycles. The predicted molar refractivity (Wildman–Crippen MR) is 81.3 cm³/mol. The fraction of sp³-hybridized carbons (Fsp3) is 0.500. The van der Waals surface area contributed by atoms with E-state index in [0.29, 0.717) is 17.5 Å². The number of rotatable bonds is 3. The first kappa shape index (κ1) is 14.3. The number of aromatic nitrogens is 2. The van der Waals surface area contributed by atoms with Gasteiger partial charge in [-0.25, -0.2) is 18.1 Å². The second kappa shape index (κ2) is 4.99. The molecule has 0 spiro atoms. The van der Waals surface area contributed by atoms with Gasteiger partial charge < -0.3 is 5.73 Å². The summed E-state index contributed by atoms with van der Waals surface area (Å²) in [6.45, 7) is 4.24. The standard InChI is InChI=1S/C14H20N4O2S/c1-9-6-7-11(10(9)2)17-21(19,20)14-13(15)16-12-5-3-4-8-18(12)14/h3-5,8-11,17H,6-7,15H2,1-2H3. The van der Waals surface area contributed by atoms with Crippen LogP contribution in [0.3, 0.4) is 0 Å². The summed E-state index contributed by atoms with van der Waals surface area (Å²) in [5.41, 5.74) is 6.36. The molecular weight excluding hydrogens is 288 g/mol. The molecule has 2 aromatic heterocycles. The molecule has 3 unspecified atom stereocenters. The van der Waals surface area contributed by atoms with E-state index in [0.717, 1.165) is 12.8 Å². The number of hydrogen-bond donors (Lipinski definition) is 2. The Labute approximate surface area is 124 Å². The number of imidazole rings is 1. The van der Waals surface area contributed by atoms with Crippen molar-refractivity contribution in [1.82, 2.24) is 14.1 Å². The lowest BCUT2D eigenvalue weighted by atomic mass is 9.98. The molecule has 0 amide bonds. The van der Waals surface area contributed by atoms with E-state index in [9.17, 15) is 8.42 Å². The number of anilines is 1. The quantitative estimate of drug-likeness (QED) is 0.902. The lowest BCUT2D eigenvalue weighted by Gasteiger charge is -2.19. The molecule has 3 N–H and O–H groups in total. The highest BCUT2D eigenvalue weighted by molar-refractivity contribution is 7.89. The van der Waals surface area contributed by atoms with Crippen molar-refractivity contribution in [2.45, 2.75) is 37.8 Å². The van der Waals surface area contributed by atoms with E-state index in [1.807, 2.05) is 0 Å². The highest BCUT2D eigenvalue weighted by Crippen LogP contribution is 2.32. The Kier molecular flexibility index (Phi) is 3.41.